The SMILES string of the molecule is CCOC(=O)CNc1c(-c2ccccc2C)nc2nc(C)cc(C)n12. The smallest absolute Gasteiger partial charge is 0.325 e. The molecule has 25 heavy (non-hydrogen) atoms. The highest BCUT2D eigenvalue weighted by atomic mass is 16.5. The highest BCUT2D eigenvalue weighted by Crippen LogP contribution is 2.31. The van der Waals surface area contributed by atoms with Gasteiger partial charge in [-0.3, -0.25) is 9.20 Å². The second-order valence-corrected chi connectivity index (χ2v) is 5.96. The van der Waals surface area contributed by atoms with E-state index in [0.717, 1.165) is 34.0 Å². The Morgan fingerprint density at radius 2 is 1.96 bits per heavy atom. The summed E-state index contributed by atoms with van der Waals surface area (Å²) in [5.74, 6) is 1.07. The number of nitrogens with zero attached hydrogens (tertiary/aromatic N) is 3. The zero-order chi connectivity index (χ0) is 18.0. The number of nitrogens with one attached hydrogen (secondary N) is 1. The zero-order valence-electron chi connectivity index (χ0n) is 15.0. The summed E-state index contributed by atoms with van der Waals surface area (Å²) >= 11 is 0. The quantitative estimate of drug-likeness (QED) is 0.723. The molecule has 0 saturated heterocycles. The van der Waals surface area contributed by atoms with Gasteiger partial charge in [-0.15, -0.1) is 0 Å². The van der Waals surface area contributed by atoms with E-state index in [1.54, 1.807) is 6.92 Å². The van der Waals surface area contributed by atoms with Gasteiger partial charge in [0.25, 0.3) is 0 Å². The number of anilines is 1. The average molecular weight is 338 g/mol. The van der Waals surface area contributed by atoms with Gasteiger partial charge >= 0.3 is 5.97 Å². The van der Waals surface area contributed by atoms with Crippen molar-refractivity contribution in [1.82, 2.24) is 14.4 Å². The predicted octanol–water partition coefficient (Wildman–Crippen LogP) is 3.30. The van der Waals surface area contributed by atoms with Crippen LogP contribution in [-0.4, -0.2) is 33.5 Å². The fraction of sp³-hybridized carbons (Fsp3) is 0.316. The van der Waals surface area contributed by atoms with Crippen LogP contribution in [0, 0.1) is 20.8 Å². The molecule has 0 aliphatic rings. The molecule has 3 aromatic rings. The van der Waals surface area contributed by atoms with E-state index in [-0.39, 0.29) is 12.5 Å². The van der Waals surface area contributed by atoms with Crippen LogP contribution in [0.15, 0.2) is 30.3 Å². The van der Waals surface area contributed by atoms with Crippen LogP contribution in [0.3, 0.4) is 0 Å². The summed E-state index contributed by atoms with van der Waals surface area (Å²) in [6, 6.07) is 10.0. The molecule has 3 rings (SSSR count). The molecule has 1 aromatic carbocycles. The van der Waals surface area contributed by atoms with Crippen molar-refractivity contribution >= 4 is 17.6 Å². The number of hydrogen-bond donors (Lipinski definition) is 1. The standard InChI is InChI=1S/C19H22N4O2/c1-5-25-16(24)11-20-18-17(15-9-7-6-8-12(15)2)22-19-21-13(3)10-14(4)23(18)19/h6-10,20H,5,11H2,1-4H3. The molecule has 0 bridgehead atoms. The Bertz CT molecular complexity index is 931. The van der Waals surface area contributed by atoms with Gasteiger partial charge in [0.05, 0.1) is 6.61 Å². The minimum absolute atomic E-state index is 0.0772. The third kappa shape index (κ3) is 3.33. The number of esters is 1. The van der Waals surface area contributed by atoms with Crippen molar-refractivity contribution in [1.29, 1.82) is 0 Å². The van der Waals surface area contributed by atoms with Gasteiger partial charge in [0, 0.05) is 17.0 Å². The summed E-state index contributed by atoms with van der Waals surface area (Å²) < 4.78 is 6.96. The maximum atomic E-state index is 11.8. The van der Waals surface area contributed by atoms with Gasteiger partial charge in [0.2, 0.25) is 5.78 Å². The Morgan fingerprint density at radius 3 is 2.68 bits per heavy atom. The van der Waals surface area contributed by atoms with Crippen molar-refractivity contribution < 1.29 is 9.53 Å². The minimum Gasteiger partial charge on any atom is -0.465 e. The van der Waals surface area contributed by atoms with Crippen molar-refractivity contribution in [3.8, 4) is 11.3 Å². The van der Waals surface area contributed by atoms with E-state index in [1.165, 1.54) is 0 Å². The number of hydrogen-bond acceptors (Lipinski definition) is 5. The third-order valence-corrected chi connectivity index (χ3v) is 4.01. The van der Waals surface area contributed by atoms with Crippen molar-refractivity contribution in [2.24, 2.45) is 0 Å². The number of benzene rings is 1. The van der Waals surface area contributed by atoms with Crippen molar-refractivity contribution in [2.45, 2.75) is 27.7 Å². The fourth-order valence-electron chi connectivity index (χ4n) is 2.93. The Labute approximate surface area is 146 Å². The van der Waals surface area contributed by atoms with Crippen LogP contribution in [0.2, 0.25) is 0 Å². The topological polar surface area (TPSA) is 68.5 Å². The molecule has 130 valence electrons. The lowest BCUT2D eigenvalue weighted by atomic mass is 10.1. The molecule has 0 radical (unpaired) electrons. The van der Waals surface area contributed by atoms with Crippen molar-refractivity contribution in [3.05, 3.63) is 47.3 Å². The lowest BCUT2D eigenvalue weighted by molar-refractivity contribution is -0.140. The fourth-order valence-corrected chi connectivity index (χ4v) is 2.93. The highest BCUT2D eigenvalue weighted by Gasteiger charge is 2.18. The van der Waals surface area contributed by atoms with Crippen LogP contribution >= 0.6 is 0 Å². The molecule has 6 heteroatoms. The Morgan fingerprint density at radius 1 is 1.20 bits per heavy atom. The van der Waals surface area contributed by atoms with Gasteiger partial charge < -0.3 is 10.1 Å². The predicted molar refractivity (Wildman–Crippen MR) is 97.8 cm³/mol. The monoisotopic (exact) mass is 338 g/mol. The van der Waals surface area contributed by atoms with Crippen LogP contribution in [-0.2, 0) is 9.53 Å². The molecule has 0 amide bonds. The van der Waals surface area contributed by atoms with Crippen molar-refractivity contribution in [2.75, 3.05) is 18.5 Å². The second kappa shape index (κ2) is 6.93. The number of ether oxygens (including phenoxy) is 1. The van der Waals surface area contributed by atoms with Gasteiger partial charge in [0.1, 0.15) is 18.1 Å². The largest absolute Gasteiger partial charge is 0.465 e. The first-order valence-electron chi connectivity index (χ1n) is 8.33. The van der Waals surface area contributed by atoms with E-state index in [9.17, 15) is 4.79 Å². The molecular formula is C19H22N4O2. The number of carbonyl (C=O) groups excluding carboxylic acids is 1. The molecule has 0 fully saturated rings. The maximum Gasteiger partial charge on any atom is 0.325 e. The molecule has 2 heterocycles. The van der Waals surface area contributed by atoms with Crippen LogP contribution in [0.1, 0.15) is 23.9 Å². The van der Waals surface area contributed by atoms with Crippen LogP contribution < -0.4 is 5.32 Å². The van der Waals surface area contributed by atoms with Crippen LogP contribution in [0.4, 0.5) is 5.82 Å². The van der Waals surface area contributed by atoms with Gasteiger partial charge in [-0.2, -0.15) is 0 Å². The van der Waals surface area contributed by atoms with Crippen LogP contribution in [0.25, 0.3) is 17.0 Å². The number of aromatic nitrogens is 3. The van der Waals surface area contributed by atoms with Crippen LogP contribution in [0.5, 0.6) is 0 Å². The molecule has 0 unspecified atom stereocenters. The molecule has 0 aliphatic carbocycles. The lowest BCUT2D eigenvalue weighted by Gasteiger charge is -2.11. The summed E-state index contributed by atoms with van der Waals surface area (Å²) in [5.41, 5.74) is 4.81. The van der Waals surface area contributed by atoms with Gasteiger partial charge in [-0.25, -0.2) is 9.97 Å². The first-order valence-corrected chi connectivity index (χ1v) is 8.33. The third-order valence-electron chi connectivity index (χ3n) is 4.01. The number of fused-ring (bicyclic) bond motifs is 1. The molecule has 0 atom stereocenters. The molecule has 6 nitrogen and oxygen atoms in total. The summed E-state index contributed by atoms with van der Waals surface area (Å²) in [5, 5.41) is 3.19. The number of aryl methyl sites for hydroxylation is 3. The first-order chi connectivity index (χ1) is 12.0. The van der Waals surface area contributed by atoms with E-state index in [4.69, 9.17) is 9.72 Å². The molecule has 2 aromatic heterocycles. The minimum atomic E-state index is -0.300. The number of rotatable bonds is 5. The molecule has 0 spiro atoms. The van der Waals surface area contributed by atoms with Gasteiger partial charge in [-0.05, 0) is 39.3 Å². The summed E-state index contributed by atoms with van der Waals surface area (Å²) in [4.78, 5) is 21.1. The normalized spacial score (nSPS) is 10.9. The maximum absolute atomic E-state index is 11.8. The van der Waals surface area contributed by atoms with Gasteiger partial charge in [-0.1, -0.05) is 24.3 Å². The molecular weight excluding hydrogens is 316 g/mol. The Kier molecular flexibility index (Phi) is 4.70. The van der Waals surface area contributed by atoms with E-state index in [0.29, 0.717) is 12.4 Å². The number of carbonyl (C=O) groups is 1. The highest BCUT2D eigenvalue weighted by molar-refractivity contribution is 5.81. The summed E-state index contributed by atoms with van der Waals surface area (Å²) in [6.07, 6.45) is 0. The summed E-state index contributed by atoms with van der Waals surface area (Å²) in [6.45, 7) is 8.22. The molecule has 0 aliphatic heterocycles. The first kappa shape index (κ1) is 17.0. The van der Waals surface area contributed by atoms with E-state index >= 15 is 0 Å². The lowest BCUT2D eigenvalue weighted by Crippen LogP contribution is -2.18. The Balaban J connectivity index is 2.15. The van der Waals surface area contributed by atoms with E-state index < -0.39 is 0 Å². The second-order valence-electron chi connectivity index (χ2n) is 5.96. The summed E-state index contributed by atoms with van der Waals surface area (Å²) in [7, 11) is 0. The van der Waals surface area contributed by atoms with E-state index in [2.05, 4.69) is 10.3 Å². The molecule has 1 N–H and O–H groups in total. The Hall–Kier alpha value is -2.89. The number of imidazole rings is 1. The van der Waals surface area contributed by atoms with Crippen molar-refractivity contribution in [3.63, 3.8) is 0 Å². The van der Waals surface area contributed by atoms with E-state index in [1.807, 2.05) is 55.5 Å². The van der Waals surface area contributed by atoms with Gasteiger partial charge in [0.15, 0.2) is 0 Å². The zero-order valence-corrected chi connectivity index (χ0v) is 15.0. The average Bonchev–Trinajstić information content (AvgIpc) is 2.92. The molecule has 0 saturated carbocycles.